The van der Waals surface area contributed by atoms with Crippen LogP contribution in [0.25, 0.3) is 0 Å². The van der Waals surface area contributed by atoms with Gasteiger partial charge in [0, 0.05) is 19.0 Å². The van der Waals surface area contributed by atoms with Crippen LogP contribution in [0.4, 0.5) is 0 Å². The quantitative estimate of drug-likeness (QED) is 0.809. The summed E-state index contributed by atoms with van der Waals surface area (Å²) in [7, 11) is 0. The summed E-state index contributed by atoms with van der Waals surface area (Å²) in [5.74, 6) is 0.242. The van der Waals surface area contributed by atoms with Crippen molar-refractivity contribution in [3.05, 3.63) is 0 Å². The van der Waals surface area contributed by atoms with E-state index in [1.54, 1.807) is 0 Å². The molecule has 1 aliphatic heterocycles. The largest absolute Gasteiger partial charge is 0.356 e. The smallest absolute Gasteiger partial charge is 0.220 e. The van der Waals surface area contributed by atoms with Crippen LogP contribution in [-0.4, -0.2) is 25.0 Å². The van der Waals surface area contributed by atoms with Crippen LogP contribution in [0.1, 0.15) is 58.3 Å². The van der Waals surface area contributed by atoms with E-state index in [9.17, 15) is 4.79 Å². The highest BCUT2D eigenvalue weighted by molar-refractivity contribution is 5.85. The lowest BCUT2D eigenvalue weighted by atomic mass is 9.89. The number of carbonyl (C=O) groups excluding carboxylic acids is 1. The van der Waals surface area contributed by atoms with Gasteiger partial charge in [0.05, 0.1) is 0 Å². The zero-order chi connectivity index (χ0) is 12.1. The molecule has 0 aromatic rings. The molecule has 1 aliphatic carbocycles. The Hall–Kier alpha value is -0.280. The zero-order valence-corrected chi connectivity index (χ0v) is 12.3. The van der Waals surface area contributed by atoms with E-state index in [1.165, 1.54) is 38.5 Å². The molecular formula is C14H27ClN2O. The number of halogens is 1. The minimum atomic E-state index is 0. The SMILES string of the molecule is CC1(CNC(=O)CCC2CCCN2)CCCC1.Cl. The maximum absolute atomic E-state index is 11.8. The summed E-state index contributed by atoms with van der Waals surface area (Å²) in [5, 5.41) is 6.56. The molecule has 1 saturated carbocycles. The molecule has 1 heterocycles. The lowest BCUT2D eigenvalue weighted by Crippen LogP contribution is -2.34. The molecule has 2 N–H and O–H groups in total. The Morgan fingerprint density at radius 2 is 2.06 bits per heavy atom. The summed E-state index contributed by atoms with van der Waals surface area (Å²) in [5.41, 5.74) is 0.376. The maximum Gasteiger partial charge on any atom is 0.220 e. The fraction of sp³-hybridized carbons (Fsp3) is 0.929. The predicted octanol–water partition coefficient (Wildman–Crippen LogP) is 2.64. The highest BCUT2D eigenvalue weighted by Gasteiger charge is 2.28. The number of rotatable bonds is 5. The van der Waals surface area contributed by atoms with Crippen molar-refractivity contribution in [3.63, 3.8) is 0 Å². The van der Waals surface area contributed by atoms with E-state index in [2.05, 4.69) is 17.6 Å². The molecule has 2 aliphatic rings. The second-order valence-electron chi connectivity index (χ2n) is 6.13. The van der Waals surface area contributed by atoms with Crippen LogP contribution in [0, 0.1) is 5.41 Å². The van der Waals surface area contributed by atoms with Gasteiger partial charge in [0.25, 0.3) is 0 Å². The molecule has 1 saturated heterocycles. The van der Waals surface area contributed by atoms with Crippen molar-refractivity contribution in [2.24, 2.45) is 5.41 Å². The van der Waals surface area contributed by atoms with Crippen LogP contribution in [-0.2, 0) is 4.79 Å². The van der Waals surface area contributed by atoms with Gasteiger partial charge in [-0.3, -0.25) is 4.79 Å². The fourth-order valence-electron chi connectivity index (χ4n) is 3.11. The van der Waals surface area contributed by atoms with E-state index < -0.39 is 0 Å². The average Bonchev–Trinajstić information content (AvgIpc) is 2.95. The lowest BCUT2D eigenvalue weighted by Gasteiger charge is -2.23. The van der Waals surface area contributed by atoms with Gasteiger partial charge in [-0.1, -0.05) is 19.8 Å². The molecule has 18 heavy (non-hydrogen) atoms. The van der Waals surface area contributed by atoms with Crippen LogP contribution < -0.4 is 10.6 Å². The topological polar surface area (TPSA) is 41.1 Å². The molecule has 106 valence electrons. The Bertz CT molecular complexity index is 259. The minimum Gasteiger partial charge on any atom is -0.356 e. The molecule has 0 aromatic heterocycles. The van der Waals surface area contributed by atoms with Gasteiger partial charge >= 0.3 is 0 Å². The zero-order valence-electron chi connectivity index (χ0n) is 11.5. The average molecular weight is 275 g/mol. The second-order valence-corrected chi connectivity index (χ2v) is 6.13. The Labute approximate surface area is 117 Å². The van der Waals surface area contributed by atoms with Crippen molar-refractivity contribution in [2.45, 2.75) is 64.3 Å². The number of hydrogen-bond acceptors (Lipinski definition) is 2. The van der Waals surface area contributed by atoms with Gasteiger partial charge in [-0.2, -0.15) is 0 Å². The number of nitrogens with one attached hydrogen (secondary N) is 2. The van der Waals surface area contributed by atoms with E-state index >= 15 is 0 Å². The van der Waals surface area contributed by atoms with E-state index in [-0.39, 0.29) is 18.3 Å². The molecule has 2 fully saturated rings. The summed E-state index contributed by atoms with van der Waals surface area (Å²) in [6.45, 7) is 4.31. The monoisotopic (exact) mass is 274 g/mol. The third-order valence-corrected chi connectivity index (χ3v) is 4.41. The summed E-state index contributed by atoms with van der Waals surface area (Å²) >= 11 is 0. The first-order chi connectivity index (χ1) is 8.18. The van der Waals surface area contributed by atoms with Crippen LogP contribution in [0.5, 0.6) is 0 Å². The molecule has 3 nitrogen and oxygen atoms in total. The number of hydrogen-bond donors (Lipinski definition) is 2. The van der Waals surface area contributed by atoms with Crippen LogP contribution >= 0.6 is 12.4 Å². The predicted molar refractivity (Wildman–Crippen MR) is 77.1 cm³/mol. The highest BCUT2D eigenvalue weighted by Crippen LogP contribution is 2.36. The van der Waals surface area contributed by atoms with Gasteiger partial charge in [0.1, 0.15) is 0 Å². The molecule has 2 rings (SSSR count). The number of carbonyl (C=O) groups is 1. The Kier molecular flexibility index (Phi) is 6.44. The van der Waals surface area contributed by atoms with Gasteiger partial charge in [-0.05, 0) is 44.1 Å². The van der Waals surface area contributed by atoms with Gasteiger partial charge in [-0.15, -0.1) is 12.4 Å². The van der Waals surface area contributed by atoms with Crippen molar-refractivity contribution >= 4 is 18.3 Å². The summed E-state index contributed by atoms with van der Waals surface area (Å²) in [6, 6.07) is 0.586. The maximum atomic E-state index is 11.8. The molecule has 0 aromatic carbocycles. The highest BCUT2D eigenvalue weighted by atomic mass is 35.5. The van der Waals surface area contributed by atoms with Gasteiger partial charge in [-0.25, -0.2) is 0 Å². The first-order valence-corrected chi connectivity index (χ1v) is 7.18. The Balaban J connectivity index is 0.00000162. The first kappa shape index (κ1) is 15.8. The van der Waals surface area contributed by atoms with Crippen molar-refractivity contribution in [2.75, 3.05) is 13.1 Å². The molecule has 0 radical (unpaired) electrons. The van der Waals surface area contributed by atoms with E-state index in [4.69, 9.17) is 0 Å². The summed E-state index contributed by atoms with van der Waals surface area (Å²) in [6.07, 6.45) is 9.41. The van der Waals surface area contributed by atoms with Gasteiger partial charge < -0.3 is 10.6 Å². The summed E-state index contributed by atoms with van der Waals surface area (Å²) < 4.78 is 0. The molecule has 1 amide bonds. The Morgan fingerprint density at radius 3 is 2.67 bits per heavy atom. The van der Waals surface area contributed by atoms with Gasteiger partial charge in [0.15, 0.2) is 0 Å². The standard InChI is InChI=1S/C14H26N2O.ClH/c1-14(8-2-3-9-14)11-16-13(17)7-6-12-5-4-10-15-12;/h12,15H,2-11H2,1H3,(H,16,17);1H. The molecule has 4 heteroatoms. The second kappa shape index (κ2) is 7.34. The molecular weight excluding hydrogens is 248 g/mol. The van der Waals surface area contributed by atoms with E-state index in [0.717, 1.165) is 19.5 Å². The Morgan fingerprint density at radius 1 is 1.33 bits per heavy atom. The molecule has 1 unspecified atom stereocenters. The molecule has 0 spiro atoms. The third kappa shape index (κ3) is 4.77. The van der Waals surface area contributed by atoms with E-state index in [1.807, 2.05) is 0 Å². The molecule has 0 bridgehead atoms. The normalized spacial score (nSPS) is 25.7. The minimum absolute atomic E-state index is 0. The summed E-state index contributed by atoms with van der Waals surface area (Å²) in [4.78, 5) is 11.8. The van der Waals surface area contributed by atoms with E-state index in [0.29, 0.717) is 17.9 Å². The van der Waals surface area contributed by atoms with Crippen molar-refractivity contribution in [1.29, 1.82) is 0 Å². The van der Waals surface area contributed by atoms with Crippen molar-refractivity contribution in [3.8, 4) is 0 Å². The molecule has 1 atom stereocenters. The van der Waals surface area contributed by atoms with Crippen LogP contribution in [0.3, 0.4) is 0 Å². The first-order valence-electron chi connectivity index (χ1n) is 7.18. The van der Waals surface area contributed by atoms with Crippen LogP contribution in [0.2, 0.25) is 0 Å². The van der Waals surface area contributed by atoms with Crippen LogP contribution in [0.15, 0.2) is 0 Å². The van der Waals surface area contributed by atoms with Crippen molar-refractivity contribution < 1.29 is 4.79 Å². The van der Waals surface area contributed by atoms with Crippen molar-refractivity contribution in [1.82, 2.24) is 10.6 Å². The third-order valence-electron chi connectivity index (χ3n) is 4.41. The van der Waals surface area contributed by atoms with Gasteiger partial charge in [0.2, 0.25) is 5.91 Å². The number of amides is 1. The fourth-order valence-corrected chi connectivity index (χ4v) is 3.11. The lowest BCUT2D eigenvalue weighted by molar-refractivity contribution is -0.121.